The normalized spacial score (nSPS) is 18.1. The summed E-state index contributed by atoms with van der Waals surface area (Å²) in [6, 6.07) is 0. The van der Waals surface area contributed by atoms with E-state index in [1.54, 1.807) is 0 Å². The molecule has 0 aliphatic carbocycles. The van der Waals surface area contributed by atoms with Crippen LogP contribution in [-0.4, -0.2) is 39.5 Å². The van der Waals surface area contributed by atoms with Crippen LogP contribution < -0.4 is 5.32 Å². The largest absolute Gasteiger partial charge is 0.391 e. The molecule has 0 amide bonds. The Morgan fingerprint density at radius 3 is 2.36 bits per heavy atom. The zero-order valence-electron chi connectivity index (χ0n) is 9.62. The fraction of sp³-hybridized carbons (Fsp3) is 1.00. The minimum atomic E-state index is -0.918. The minimum absolute atomic E-state index is 0.159. The molecule has 0 aliphatic heterocycles. The molecule has 0 fully saturated rings. The average Bonchev–Trinajstić information content (AvgIpc) is 2.13. The molecular formula is C10H23NO2S. The van der Waals surface area contributed by atoms with Gasteiger partial charge in [-0.05, 0) is 12.5 Å². The Kier molecular flexibility index (Phi) is 7.41. The van der Waals surface area contributed by atoms with Gasteiger partial charge in [-0.15, -0.1) is 0 Å². The van der Waals surface area contributed by atoms with Crippen molar-refractivity contribution in [2.75, 3.05) is 18.8 Å². The van der Waals surface area contributed by atoms with Crippen molar-refractivity contribution >= 4 is 10.8 Å². The van der Waals surface area contributed by atoms with Crippen LogP contribution in [0, 0.1) is 5.92 Å². The first-order chi connectivity index (χ1) is 6.49. The highest BCUT2D eigenvalue weighted by Crippen LogP contribution is 2.09. The lowest BCUT2D eigenvalue weighted by Gasteiger charge is -2.17. The van der Waals surface area contributed by atoms with Crippen LogP contribution in [0.3, 0.4) is 0 Å². The third kappa shape index (κ3) is 5.73. The van der Waals surface area contributed by atoms with Crippen molar-refractivity contribution in [2.24, 2.45) is 5.92 Å². The van der Waals surface area contributed by atoms with Gasteiger partial charge in [0.25, 0.3) is 0 Å². The van der Waals surface area contributed by atoms with E-state index in [1.807, 2.05) is 13.8 Å². The van der Waals surface area contributed by atoms with Gasteiger partial charge >= 0.3 is 0 Å². The Bertz CT molecular complexity index is 174. The molecule has 0 aromatic heterocycles. The summed E-state index contributed by atoms with van der Waals surface area (Å²) in [6.07, 6.45) is -0.489. The number of aliphatic hydroxyl groups is 1. The third-order valence-corrected chi connectivity index (χ3v) is 4.43. The van der Waals surface area contributed by atoms with Crippen LogP contribution in [-0.2, 0) is 10.8 Å². The molecule has 3 atom stereocenters. The van der Waals surface area contributed by atoms with E-state index in [2.05, 4.69) is 19.2 Å². The molecule has 86 valence electrons. The maximum atomic E-state index is 11.7. The quantitative estimate of drug-likeness (QED) is 0.667. The summed E-state index contributed by atoms with van der Waals surface area (Å²) in [5.74, 6) is 0.786. The molecule has 0 aliphatic rings. The number of rotatable bonds is 7. The number of hydrogen-bond donors (Lipinski definition) is 2. The average molecular weight is 221 g/mol. The van der Waals surface area contributed by atoms with Crippen molar-refractivity contribution in [1.29, 1.82) is 0 Å². The van der Waals surface area contributed by atoms with Gasteiger partial charge in [0.05, 0.1) is 11.9 Å². The lowest BCUT2D eigenvalue weighted by Crippen LogP contribution is -2.33. The lowest BCUT2D eigenvalue weighted by atomic mass is 10.2. The molecule has 0 spiro atoms. The molecule has 0 radical (unpaired) electrons. The van der Waals surface area contributed by atoms with Crippen LogP contribution in [0.4, 0.5) is 0 Å². The topological polar surface area (TPSA) is 49.3 Å². The van der Waals surface area contributed by atoms with E-state index < -0.39 is 16.9 Å². The molecule has 4 heteroatoms. The summed E-state index contributed by atoms with van der Waals surface area (Å²) in [5.41, 5.74) is 0. The molecule has 0 rings (SSSR count). The molecule has 2 N–H and O–H groups in total. The van der Waals surface area contributed by atoms with E-state index in [1.165, 1.54) is 0 Å². The number of likely N-dealkylation sites (N-methyl/N-ethyl adjacent to an activating group) is 1. The fourth-order valence-electron chi connectivity index (χ4n) is 1.01. The summed E-state index contributed by atoms with van der Waals surface area (Å²) >= 11 is 0. The summed E-state index contributed by atoms with van der Waals surface area (Å²) < 4.78 is 11.7. The Hall–Kier alpha value is 0.0700. The number of aliphatic hydroxyl groups excluding tert-OH is 1. The van der Waals surface area contributed by atoms with Crippen molar-refractivity contribution in [1.82, 2.24) is 5.32 Å². The smallest absolute Gasteiger partial charge is 0.0779 e. The van der Waals surface area contributed by atoms with Crippen molar-refractivity contribution in [3.8, 4) is 0 Å². The molecular weight excluding hydrogens is 198 g/mol. The summed E-state index contributed by atoms with van der Waals surface area (Å²) in [6.45, 7) is 9.44. The van der Waals surface area contributed by atoms with Crippen molar-refractivity contribution < 1.29 is 9.32 Å². The molecule has 0 aromatic rings. The zero-order valence-corrected chi connectivity index (χ0v) is 10.4. The second kappa shape index (κ2) is 7.37. The second-order valence-corrected chi connectivity index (χ2v) is 5.80. The highest BCUT2D eigenvalue weighted by Gasteiger charge is 2.17. The number of hydrogen-bond acceptors (Lipinski definition) is 3. The van der Waals surface area contributed by atoms with Gasteiger partial charge in [-0.2, -0.15) is 0 Å². The van der Waals surface area contributed by atoms with Crippen molar-refractivity contribution in [2.45, 2.75) is 39.0 Å². The Balaban J connectivity index is 3.81. The van der Waals surface area contributed by atoms with E-state index >= 15 is 0 Å². The van der Waals surface area contributed by atoms with Crippen LogP contribution in [0.2, 0.25) is 0 Å². The highest BCUT2D eigenvalue weighted by molar-refractivity contribution is 7.85. The molecule has 0 bridgehead atoms. The molecule has 0 heterocycles. The third-order valence-electron chi connectivity index (χ3n) is 2.34. The highest BCUT2D eigenvalue weighted by atomic mass is 32.2. The molecule has 3 unspecified atom stereocenters. The predicted octanol–water partition coefficient (Wildman–Crippen LogP) is 0.750. The zero-order chi connectivity index (χ0) is 11.1. The molecule has 3 nitrogen and oxygen atoms in total. The number of nitrogens with one attached hydrogen (secondary N) is 1. The van der Waals surface area contributed by atoms with Crippen molar-refractivity contribution in [3.63, 3.8) is 0 Å². The first-order valence-corrected chi connectivity index (χ1v) is 6.63. The molecule has 0 saturated heterocycles. The van der Waals surface area contributed by atoms with Gasteiger partial charge in [0.15, 0.2) is 0 Å². The Morgan fingerprint density at radius 2 is 1.93 bits per heavy atom. The van der Waals surface area contributed by atoms with Crippen molar-refractivity contribution in [3.05, 3.63) is 0 Å². The first kappa shape index (κ1) is 14.1. The van der Waals surface area contributed by atoms with Gasteiger partial charge in [-0.3, -0.25) is 4.21 Å². The Morgan fingerprint density at radius 1 is 1.36 bits per heavy atom. The lowest BCUT2D eigenvalue weighted by molar-refractivity contribution is 0.195. The maximum absolute atomic E-state index is 11.7. The van der Waals surface area contributed by atoms with Crippen LogP contribution in [0.25, 0.3) is 0 Å². The summed E-state index contributed by atoms with van der Waals surface area (Å²) in [5, 5.41) is 12.7. The fourth-order valence-corrected chi connectivity index (χ4v) is 2.42. The molecule has 0 saturated carbocycles. The summed E-state index contributed by atoms with van der Waals surface area (Å²) in [7, 11) is -0.918. The van der Waals surface area contributed by atoms with Gasteiger partial charge in [-0.1, -0.05) is 27.7 Å². The van der Waals surface area contributed by atoms with Gasteiger partial charge in [0.1, 0.15) is 0 Å². The van der Waals surface area contributed by atoms with E-state index in [9.17, 15) is 9.32 Å². The Labute approximate surface area is 89.7 Å². The van der Waals surface area contributed by atoms with E-state index in [4.69, 9.17) is 0 Å². The van der Waals surface area contributed by atoms with Crippen LogP contribution in [0.1, 0.15) is 27.7 Å². The van der Waals surface area contributed by atoms with Gasteiger partial charge in [0, 0.05) is 22.6 Å². The second-order valence-electron chi connectivity index (χ2n) is 3.96. The van der Waals surface area contributed by atoms with Crippen LogP contribution >= 0.6 is 0 Å². The van der Waals surface area contributed by atoms with Gasteiger partial charge in [0.2, 0.25) is 0 Å². The van der Waals surface area contributed by atoms with Gasteiger partial charge in [-0.25, -0.2) is 0 Å². The standard InChI is InChI=1S/C10H23NO2S/c1-5-11-6-10(12)7-14(13)9(4)8(2)3/h8-12H,5-7H2,1-4H3. The summed E-state index contributed by atoms with van der Waals surface area (Å²) in [4.78, 5) is 0. The van der Waals surface area contributed by atoms with Gasteiger partial charge < -0.3 is 10.4 Å². The van der Waals surface area contributed by atoms with E-state index in [-0.39, 0.29) is 5.25 Å². The van der Waals surface area contributed by atoms with Crippen LogP contribution in [0.15, 0.2) is 0 Å². The molecule has 14 heavy (non-hydrogen) atoms. The minimum Gasteiger partial charge on any atom is -0.391 e. The first-order valence-electron chi connectivity index (χ1n) is 5.25. The van der Waals surface area contributed by atoms with Crippen LogP contribution in [0.5, 0.6) is 0 Å². The SMILES string of the molecule is CCNCC(O)CS(=O)C(C)C(C)C. The monoisotopic (exact) mass is 221 g/mol. The van der Waals surface area contributed by atoms with E-state index in [0.717, 1.165) is 6.54 Å². The van der Waals surface area contributed by atoms with E-state index in [0.29, 0.717) is 18.2 Å². The predicted molar refractivity (Wildman–Crippen MR) is 61.9 cm³/mol. The molecule has 0 aromatic carbocycles. The maximum Gasteiger partial charge on any atom is 0.0779 e.